The van der Waals surface area contributed by atoms with Gasteiger partial charge >= 0.3 is 0 Å². The third-order valence-electron chi connectivity index (χ3n) is 3.90. The summed E-state index contributed by atoms with van der Waals surface area (Å²) in [5, 5.41) is 6.49. The number of alkyl halides is 1. The number of aromatic nitrogens is 1. The average molecular weight is 328 g/mol. The second-order valence-corrected chi connectivity index (χ2v) is 7.01. The highest BCUT2D eigenvalue weighted by Gasteiger charge is 2.33. The maximum atomic E-state index is 13.3. The van der Waals surface area contributed by atoms with E-state index in [2.05, 4.69) is 10.5 Å². The maximum absolute atomic E-state index is 13.3. The van der Waals surface area contributed by atoms with Crippen LogP contribution in [0.15, 0.2) is 10.6 Å². The van der Waals surface area contributed by atoms with Crippen LogP contribution >= 0.6 is 0 Å². The van der Waals surface area contributed by atoms with Crippen LogP contribution in [0.3, 0.4) is 0 Å². The van der Waals surface area contributed by atoms with Crippen molar-refractivity contribution in [3.63, 3.8) is 0 Å². The van der Waals surface area contributed by atoms with Crippen LogP contribution in [-0.2, 0) is 16.1 Å². The molecule has 1 aliphatic heterocycles. The highest BCUT2D eigenvalue weighted by molar-refractivity contribution is 5.92. The van der Waals surface area contributed by atoms with E-state index < -0.39 is 12.1 Å². The lowest BCUT2D eigenvalue weighted by atomic mass is 9.81. The van der Waals surface area contributed by atoms with Crippen molar-refractivity contribution in [2.75, 3.05) is 26.4 Å². The van der Waals surface area contributed by atoms with Gasteiger partial charge in [0.15, 0.2) is 11.5 Å². The molecule has 0 aromatic carbocycles. The molecule has 1 aromatic heterocycles. The van der Waals surface area contributed by atoms with Crippen LogP contribution in [0, 0.1) is 5.41 Å². The lowest BCUT2D eigenvalue weighted by molar-refractivity contribution is -0.0241. The fourth-order valence-electron chi connectivity index (χ4n) is 2.30. The third-order valence-corrected chi connectivity index (χ3v) is 3.90. The van der Waals surface area contributed by atoms with Crippen LogP contribution in [0.2, 0.25) is 0 Å². The van der Waals surface area contributed by atoms with Gasteiger partial charge in [-0.2, -0.15) is 0 Å². The van der Waals surface area contributed by atoms with Crippen molar-refractivity contribution >= 4 is 5.91 Å². The Morgan fingerprint density at radius 1 is 1.43 bits per heavy atom. The molecule has 6 nitrogen and oxygen atoms in total. The van der Waals surface area contributed by atoms with Crippen molar-refractivity contribution in [3.05, 3.63) is 17.5 Å². The summed E-state index contributed by atoms with van der Waals surface area (Å²) >= 11 is 0. The zero-order valence-electron chi connectivity index (χ0n) is 14.0. The van der Waals surface area contributed by atoms with Gasteiger partial charge in [0, 0.05) is 31.2 Å². The van der Waals surface area contributed by atoms with Gasteiger partial charge in [-0.05, 0) is 33.6 Å². The zero-order chi connectivity index (χ0) is 16.9. The standard InChI is InChI=1S/C16H25FN2O4/c1-15(2,3)22-9-12-8-13(19-23-12)14(20)18-11-16(10-17)4-6-21-7-5-16/h8H,4-7,9-11H2,1-3H3,(H,18,20). The fourth-order valence-corrected chi connectivity index (χ4v) is 2.30. The molecule has 0 unspecified atom stereocenters. The molecular formula is C16H25FN2O4. The van der Waals surface area contributed by atoms with Crippen LogP contribution in [0.5, 0.6) is 0 Å². The molecule has 130 valence electrons. The molecule has 0 radical (unpaired) electrons. The Balaban J connectivity index is 1.87. The van der Waals surface area contributed by atoms with Crippen molar-refractivity contribution in [3.8, 4) is 0 Å². The molecule has 0 atom stereocenters. The van der Waals surface area contributed by atoms with E-state index in [-0.39, 0.29) is 30.4 Å². The summed E-state index contributed by atoms with van der Waals surface area (Å²) in [4.78, 5) is 12.1. The summed E-state index contributed by atoms with van der Waals surface area (Å²) < 4.78 is 29.3. The van der Waals surface area contributed by atoms with E-state index in [1.165, 1.54) is 0 Å². The Kier molecular flexibility index (Phi) is 5.75. The van der Waals surface area contributed by atoms with Crippen LogP contribution in [0.1, 0.15) is 49.9 Å². The Morgan fingerprint density at radius 3 is 2.74 bits per heavy atom. The van der Waals surface area contributed by atoms with Crippen molar-refractivity contribution in [1.82, 2.24) is 10.5 Å². The van der Waals surface area contributed by atoms with E-state index >= 15 is 0 Å². The monoisotopic (exact) mass is 328 g/mol. The minimum absolute atomic E-state index is 0.179. The van der Waals surface area contributed by atoms with E-state index in [0.717, 1.165) is 0 Å². The molecule has 1 fully saturated rings. The molecule has 0 spiro atoms. The van der Waals surface area contributed by atoms with Gasteiger partial charge in [0.25, 0.3) is 5.91 Å². The first kappa shape index (κ1) is 17.9. The number of carbonyl (C=O) groups excluding carboxylic acids is 1. The van der Waals surface area contributed by atoms with Gasteiger partial charge in [0.05, 0.1) is 12.3 Å². The molecule has 2 rings (SSSR count). The lowest BCUT2D eigenvalue weighted by Crippen LogP contribution is -2.42. The maximum Gasteiger partial charge on any atom is 0.273 e. The van der Waals surface area contributed by atoms with Gasteiger partial charge in [0.2, 0.25) is 0 Å². The average Bonchev–Trinajstić information content (AvgIpc) is 3.00. The van der Waals surface area contributed by atoms with Crippen molar-refractivity contribution in [2.45, 2.75) is 45.8 Å². The number of nitrogens with zero attached hydrogens (tertiary/aromatic N) is 1. The zero-order valence-corrected chi connectivity index (χ0v) is 14.0. The summed E-state index contributed by atoms with van der Waals surface area (Å²) in [6, 6.07) is 1.55. The molecule has 0 aliphatic carbocycles. The van der Waals surface area contributed by atoms with Gasteiger partial charge in [-0.25, -0.2) is 0 Å². The number of carbonyl (C=O) groups is 1. The van der Waals surface area contributed by atoms with E-state index in [1.807, 2.05) is 20.8 Å². The summed E-state index contributed by atoms with van der Waals surface area (Å²) in [7, 11) is 0. The summed E-state index contributed by atoms with van der Waals surface area (Å²) in [6.07, 6.45) is 1.21. The van der Waals surface area contributed by atoms with Gasteiger partial charge < -0.3 is 19.3 Å². The molecule has 23 heavy (non-hydrogen) atoms. The lowest BCUT2D eigenvalue weighted by Gasteiger charge is -2.34. The van der Waals surface area contributed by atoms with Gasteiger partial charge in [-0.3, -0.25) is 9.18 Å². The van der Waals surface area contributed by atoms with Crippen molar-refractivity contribution in [2.24, 2.45) is 5.41 Å². The summed E-state index contributed by atoms with van der Waals surface area (Å²) in [6.45, 7) is 6.89. The van der Waals surface area contributed by atoms with E-state index in [0.29, 0.717) is 31.8 Å². The smallest absolute Gasteiger partial charge is 0.273 e. The first-order chi connectivity index (χ1) is 10.8. The highest BCUT2D eigenvalue weighted by Crippen LogP contribution is 2.30. The first-order valence-corrected chi connectivity index (χ1v) is 7.85. The Hall–Kier alpha value is -1.47. The normalized spacial score (nSPS) is 17.9. The van der Waals surface area contributed by atoms with Crippen molar-refractivity contribution in [1.29, 1.82) is 0 Å². The predicted molar refractivity (Wildman–Crippen MR) is 81.8 cm³/mol. The van der Waals surface area contributed by atoms with Gasteiger partial charge in [-0.1, -0.05) is 5.16 Å². The van der Waals surface area contributed by atoms with Crippen LogP contribution < -0.4 is 5.32 Å². The Bertz CT molecular complexity index is 518. The minimum atomic E-state index is -0.532. The minimum Gasteiger partial charge on any atom is -0.381 e. The highest BCUT2D eigenvalue weighted by atomic mass is 19.1. The predicted octanol–water partition coefficient (Wildman–Crippen LogP) is 2.49. The molecule has 1 aromatic rings. The van der Waals surface area contributed by atoms with E-state index in [9.17, 15) is 9.18 Å². The van der Waals surface area contributed by atoms with Crippen LogP contribution in [-0.4, -0.2) is 43.1 Å². The quantitative estimate of drug-likeness (QED) is 0.868. The number of ether oxygens (including phenoxy) is 2. The number of hydrogen-bond acceptors (Lipinski definition) is 5. The molecule has 1 aliphatic rings. The van der Waals surface area contributed by atoms with E-state index in [4.69, 9.17) is 14.0 Å². The van der Waals surface area contributed by atoms with Crippen molar-refractivity contribution < 1.29 is 23.2 Å². The largest absolute Gasteiger partial charge is 0.381 e. The molecular weight excluding hydrogens is 303 g/mol. The summed E-state index contributed by atoms with van der Waals surface area (Å²) in [5.41, 5.74) is -0.653. The van der Waals surface area contributed by atoms with Gasteiger partial charge in [-0.15, -0.1) is 0 Å². The molecule has 7 heteroatoms. The summed E-state index contributed by atoms with van der Waals surface area (Å²) in [5.74, 6) is 0.117. The topological polar surface area (TPSA) is 73.6 Å². The fraction of sp³-hybridized carbons (Fsp3) is 0.750. The first-order valence-electron chi connectivity index (χ1n) is 7.85. The Labute approximate surface area is 135 Å². The number of amides is 1. The van der Waals surface area contributed by atoms with Gasteiger partial charge in [0.1, 0.15) is 6.61 Å². The third kappa shape index (κ3) is 5.28. The molecule has 1 N–H and O–H groups in total. The molecule has 0 saturated carbocycles. The second kappa shape index (κ2) is 7.40. The SMILES string of the molecule is CC(C)(C)OCc1cc(C(=O)NCC2(CF)CCOCC2)no1. The molecule has 1 saturated heterocycles. The number of rotatable bonds is 6. The van der Waals surface area contributed by atoms with E-state index in [1.54, 1.807) is 6.07 Å². The number of nitrogens with one attached hydrogen (secondary N) is 1. The second-order valence-electron chi connectivity index (χ2n) is 7.01. The van der Waals surface area contributed by atoms with Crippen LogP contribution in [0.25, 0.3) is 0 Å². The number of hydrogen-bond donors (Lipinski definition) is 1. The molecule has 0 bridgehead atoms. The Morgan fingerprint density at radius 2 is 2.13 bits per heavy atom. The van der Waals surface area contributed by atoms with Crippen LogP contribution in [0.4, 0.5) is 4.39 Å². The number of halogens is 1. The molecule has 2 heterocycles. The molecule has 1 amide bonds.